The molecule has 1 aliphatic heterocycles. The molecule has 1 rings (SSSR count). The number of nitrogens with zero attached hydrogens (tertiary/aromatic N) is 1. The van der Waals surface area contributed by atoms with E-state index in [1.54, 1.807) is 30.5 Å². The lowest BCUT2D eigenvalue weighted by Gasteiger charge is -2.25. The van der Waals surface area contributed by atoms with E-state index in [9.17, 15) is 14.4 Å². The third-order valence-corrected chi connectivity index (χ3v) is 4.26. The molecule has 20 heavy (non-hydrogen) atoms. The quantitative estimate of drug-likeness (QED) is 0.762. The Morgan fingerprint density at radius 3 is 2.60 bits per heavy atom. The van der Waals surface area contributed by atoms with E-state index in [2.05, 4.69) is 5.32 Å². The van der Waals surface area contributed by atoms with Crippen molar-refractivity contribution >= 4 is 29.5 Å². The van der Waals surface area contributed by atoms with Crippen molar-refractivity contribution in [1.82, 2.24) is 10.2 Å². The van der Waals surface area contributed by atoms with E-state index in [1.165, 1.54) is 0 Å². The predicted molar refractivity (Wildman–Crippen MR) is 77.3 cm³/mol. The molecule has 0 bridgehead atoms. The number of carboxylic acids is 1. The van der Waals surface area contributed by atoms with Crippen molar-refractivity contribution < 1.29 is 19.5 Å². The van der Waals surface area contributed by atoms with Gasteiger partial charge < -0.3 is 15.3 Å². The summed E-state index contributed by atoms with van der Waals surface area (Å²) in [6.45, 7) is 5.09. The van der Waals surface area contributed by atoms with E-state index >= 15 is 0 Å². The third-order valence-electron chi connectivity index (χ3n) is 3.25. The molecule has 2 N–H and O–H groups in total. The first-order chi connectivity index (χ1) is 9.29. The Bertz CT molecular complexity index is 398. The number of rotatable bonds is 6. The normalized spacial score (nSPS) is 18.9. The van der Waals surface area contributed by atoms with Crippen LogP contribution in [0.3, 0.4) is 0 Å². The van der Waals surface area contributed by atoms with Gasteiger partial charge in [-0.1, -0.05) is 6.92 Å². The Balaban J connectivity index is 2.58. The zero-order chi connectivity index (χ0) is 15.3. The molecule has 0 radical (unpaired) electrons. The Hall–Kier alpha value is -1.24. The molecule has 1 unspecified atom stereocenters. The molecule has 0 aromatic heterocycles. The Labute approximate surface area is 123 Å². The van der Waals surface area contributed by atoms with Crippen molar-refractivity contribution in [3.8, 4) is 0 Å². The Morgan fingerprint density at radius 1 is 1.40 bits per heavy atom. The van der Waals surface area contributed by atoms with Crippen LogP contribution in [0.1, 0.15) is 33.6 Å². The van der Waals surface area contributed by atoms with Crippen LogP contribution >= 0.6 is 11.8 Å². The molecule has 7 heteroatoms. The fourth-order valence-corrected chi connectivity index (χ4v) is 2.95. The molecule has 6 nitrogen and oxygen atoms in total. The minimum atomic E-state index is -1.01. The second-order valence-corrected chi connectivity index (χ2v) is 6.54. The molecular weight excluding hydrogens is 280 g/mol. The molecule has 114 valence electrons. The average Bonchev–Trinajstić information content (AvgIpc) is 2.85. The lowest BCUT2D eigenvalue weighted by atomic mass is 9.94. The Kier molecular flexibility index (Phi) is 5.86. The number of aliphatic carboxylic acids is 1. The van der Waals surface area contributed by atoms with Gasteiger partial charge in [0.05, 0.1) is 11.3 Å². The SMILES string of the molecule is CCCC(=O)N1CSCC1C(=O)NCC(C)(C)C(=O)O. The smallest absolute Gasteiger partial charge is 0.310 e. The van der Waals surface area contributed by atoms with Crippen LogP contribution in [0, 0.1) is 5.41 Å². The predicted octanol–water partition coefficient (Wildman–Crippen LogP) is 0.915. The van der Waals surface area contributed by atoms with Gasteiger partial charge in [-0.2, -0.15) is 0 Å². The maximum Gasteiger partial charge on any atom is 0.310 e. The lowest BCUT2D eigenvalue weighted by Crippen LogP contribution is -2.49. The molecule has 1 aliphatic rings. The topological polar surface area (TPSA) is 86.7 Å². The molecule has 1 saturated heterocycles. The van der Waals surface area contributed by atoms with E-state index in [-0.39, 0.29) is 18.4 Å². The van der Waals surface area contributed by atoms with Crippen molar-refractivity contribution in [2.24, 2.45) is 5.41 Å². The summed E-state index contributed by atoms with van der Waals surface area (Å²) < 4.78 is 0. The fraction of sp³-hybridized carbons (Fsp3) is 0.769. The molecule has 0 aliphatic carbocycles. The number of hydrogen-bond acceptors (Lipinski definition) is 4. The molecule has 0 aromatic rings. The number of amides is 2. The van der Waals surface area contributed by atoms with Crippen LogP contribution < -0.4 is 5.32 Å². The van der Waals surface area contributed by atoms with Gasteiger partial charge in [0, 0.05) is 18.7 Å². The summed E-state index contributed by atoms with van der Waals surface area (Å²) >= 11 is 1.54. The van der Waals surface area contributed by atoms with E-state index in [0.717, 1.165) is 6.42 Å². The van der Waals surface area contributed by atoms with Gasteiger partial charge in [-0.15, -0.1) is 11.8 Å². The first kappa shape index (κ1) is 16.8. The fourth-order valence-electron chi connectivity index (χ4n) is 1.76. The van der Waals surface area contributed by atoms with Crippen LogP contribution in [-0.4, -0.2) is 52.0 Å². The highest BCUT2D eigenvalue weighted by Gasteiger charge is 2.35. The van der Waals surface area contributed by atoms with Gasteiger partial charge >= 0.3 is 5.97 Å². The van der Waals surface area contributed by atoms with Crippen molar-refractivity contribution in [3.63, 3.8) is 0 Å². The van der Waals surface area contributed by atoms with Gasteiger partial charge in [0.2, 0.25) is 11.8 Å². The second kappa shape index (κ2) is 6.97. The van der Waals surface area contributed by atoms with Crippen LogP contribution in [0.2, 0.25) is 0 Å². The molecular formula is C13H22N2O4S. The summed E-state index contributed by atoms with van der Waals surface area (Å²) in [5, 5.41) is 11.7. The minimum Gasteiger partial charge on any atom is -0.481 e. The molecule has 1 atom stereocenters. The molecule has 2 amide bonds. The van der Waals surface area contributed by atoms with E-state index in [4.69, 9.17) is 5.11 Å². The summed E-state index contributed by atoms with van der Waals surface area (Å²) in [7, 11) is 0. The van der Waals surface area contributed by atoms with Crippen molar-refractivity contribution in [2.75, 3.05) is 18.2 Å². The number of nitrogens with one attached hydrogen (secondary N) is 1. The van der Waals surface area contributed by atoms with Gasteiger partial charge in [0.15, 0.2) is 0 Å². The van der Waals surface area contributed by atoms with Crippen LogP contribution in [0.15, 0.2) is 0 Å². The molecule has 1 heterocycles. The zero-order valence-corrected chi connectivity index (χ0v) is 13.0. The maximum absolute atomic E-state index is 12.1. The molecule has 0 spiro atoms. The molecule has 0 saturated carbocycles. The Morgan fingerprint density at radius 2 is 2.05 bits per heavy atom. The standard InChI is InChI=1S/C13H22N2O4S/c1-4-5-10(16)15-8-20-6-9(15)11(17)14-7-13(2,3)12(18)19/h9H,4-8H2,1-3H3,(H,14,17)(H,18,19). The molecule has 0 aromatic carbocycles. The van der Waals surface area contributed by atoms with Crippen molar-refractivity contribution in [2.45, 2.75) is 39.7 Å². The van der Waals surface area contributed by atoms with Gasteiger partial charge in [-0.05, 0) is 20.3 Å². The monoisotopic (exact) mass is 302 g/mol. The average molecular weight is 302 g/mol. The van der Waals surface area contributed by atoms with Gasteiger partial charge in [-0.3, -0.25) is 14.4 Å². The van der Waals surface area contributed by atoms with Gasteiger partial charge in [-0.25, -0.2) is 0 Å². The minimum absolute atomic E-state index is 0.0184. The summed E-state index contributed by atoms with van der Waals surface area (Å²) in [5.41, 5.74) is -1.01. The number of carbonyl (C=O) groups excluding carboxylic acids is 2. The van der Waals surface area contributed by atoms with Gasteiger partial charge in [0.25, 0.3) is 0 Å². The van der Waals surface area contributed by atoms with Crippen molar-refractivity contribution in [3.05, 3.63) is 0 Å². The summed E-state index contributed by atoms with van der Waals surface area (Å²) in [5.74, 6) is -0.157. The van der Waals surface area contributed by atoms with E-state index < -0.39 is 17.4 Å². The first-order valence-corrected chi connectivity index (χ1v) is 7.83. The first-order valence-electron chi connectivity index (χ1n) is 6.68. The highest BCUT2D eigenvalue weighted by molar-refractivity contribution is 7.99. The zero-order valence-electron chi connectivity index (χ0n) is 12.1. The molecule has 1 fully saturated rings. The number of hydrogen-bond donors (Lipinski definition) is 2. The number of carboxylic acid groups (broad SMARTS) is 1. The van der Waals surface area contributed by atoms with Crippen LogP contribution in [-0.2, 0) is 14.4 Å². The summed E-state index contributed by atoms with van der Waals surface area (Å²) in [6, 6.07) is -0.483. The van der Waals surface area contributed by atoms with Crippen LogP contribution in [0.25, 0.3) is 0 Å². The van der Waals surface area contributed by atoms with Crippen LogP contribution in [0.4, 0.5) is 0 Å². The second-order valence-electron chi connectivity index (χ2n) is 5.54. The maximum atomic E-state index is 12.1. The highest BCUT2D eigenvalue weighted by atomic mass is 32.2. The number of carbonyl (C=O) groups is 3. The third kappa shape index (κ3) is 4.13. The van der Waals surface area contributed by atoms with Crippen molar-refractivity contribution in [1.29, 1.82) is 0 Å². The summed E-state index contributed by atoms with van der Waals surface area (Å²) in [4.78, 5) is 36.6. The summed E-state index contributed by atoms with van der Waals surface area (Å²) in [6.07, 6.45) is 1.19. The van der Waals surface area contributed by atoms with E-state index in [0.29, 0.717) is 18.1 Å². The highest BCUT2D eigenvalue weighted by Crippen LogP contribution is 2.22. The van der Waals surface area contributed by atoms with Crippen LogP contribution in [0.5, 0.6) is 0 Å². The van der Waals surface area contributed by atoms with E-state index in [1.807, 2.05) is 6.92 Å². The van der Waals surface area contributed by atoms with Gasteiger partial charge in [0.1, 0.15) is 6.04 Å². The number of thioether (sulfide) groups is 1. The lowest BCUT2D eigenvalue weighted by molar-refractivity contribution is -0.147. The largest absolute Gasteiger partial charge is 0.481 e.